The fraction of sp³-hybridized carbons (Fsp3) is 0. The molecule has 0 bridgehead atoms. The quantitative estimate of drug-likeness (QED) is 0.207. The SMILES string of the molecule is Nc1ccc(N(c2ccccc2)c2cccc(-c3cccc(N(c4ccccc4)c4ccc(N)cc4)c3)c2)cc1. The van der Waals surface area contributed by atoms with E-state index in [0.717, 1.165) is 56.6 Å². The van der Waals surface area contributed by atoms with Gasteiger partial charge in [0.25, 0.3) is 0 Å². The van der Waals surface area contributed by atoms with Gasteiger partial charge in [0.2, 0.25) is 0 Å². The van der Waals surface area contributed by atoms with E-state index in [9.17, 15) is 0 Å². The van der Waals surface area contributed by atoms with Crippen LogP contribution in [-0.2, 0) is 0 Å². The fourth-order valence-corrected chi connectivity index (χ4v) is 4.94. The molecule has 194 valence electrons. The van der Waals surface area contributed by atoms with Crippen molar-refractivity contribution >= 4 is 45.5 Å². The molecule has 0 atom stereocenters. The average Bonchev–Trinajstić information content (AvgIpc) is 3.01. The molecule has 6 aromatic carbocycles. The molecule has 6 aromatic rings. The molecule has 0 saturated carbocycles. The number of anilines is 8. The smallest absolute Gasteiger partial charge is 0.0467 e. The van der Waals surface area contributed by atoms with Crippen molar-refractivity contribution in [3.8, 4) is 11.1 Å². The van der Waals surface area contributed by atoms with Crippen LogP contribution >= 0.6 is 0 Å². The lowest BCUT2D eigenvalue weighted by molar-refractivity contribution is 1.28. The Kier molecular flexibility index (Phi) is 6.89. The Labute approximate surface area is 235 Å². The lowest BCUT2D eigenvalue weighted by atomic mass is 10.0. The van der Waals surface area contributed by atoms with Crippen LogP contribution in [0.25, 0.3) is 11.1 Å². The molecule has 0 spiro atoms. The molecule has 0 unspecified atom stereocenters. The molecule has 6 rings (SSSR count). The maximum absolute atomic E-state index is 6.01. The van der Waals surface area contributed by atoms with Gasteiger partial charge in [-0.1, -0.05) is 60.7 Å². The molecular weight excluding hydrogens is 488 g/mol. The average molecular weight is 519 g/mol. The molecule has 4 heteroatoms. The Morgan fingerprint density at radius 2 is 0.625 bits per heavy atom. The number of nitrogens with two attached hydrogens (primary N) is 2. The van der Waals surface area contributed by atoms with Crippen LogP contribution in [-0.4, -0.2) is 0 Å². The molecule has 4 nitrogen and oxygen atoms in total. The van der Waals surface area contributed by atoms with Gasteiger partial charge < -0.3 is 21.3 Å². The number of hydrogen-bond donors (Lipinski definition) is 2. The summed E-state index contributed by atoms with van der Waals surface area (Å²) in [4.78, 5) is 4.49. The summed E-state index contributed by atoms with van der Waals surface area (Å²) in [6.45, 7) is 0. The van der Waals surface area contributed by atoms with Crippen LogP contribution in [0.1, 0.15) is 0 Å². The summed E-state index contributed by atoms with van der Waals surface area (Å²) in [5.74, 6) is 0. The number of nitrogen functional groups attached to an aromatic ring is 2. The maximum atomic E-state index is 6.01. The molecule has 0 heterocycles. The van der Waals surface area contributed by atoms with Crippen molar-refractivity contribution in [1.29, 1.82) is 0 Å². The van der Waals surface area contributed by atoms with Gasteiger partial charge in [-0.3, -0.25) is 0 Å². The maximum Gasteiger partial charge on any atom is 0.0467 e. The van der Waals surface area contributed by atoms with Crippen LogP contribution in [0.5, 0.6) is 0 Å². The van der Waals surface area contributed by atoms with Gasteiger partial charge in [0.15, 0.2) is 0 Å². The van der Waals surface area contributed by atoms with E-state index in [2.05, 4.69) is 131 Å². The topological polar surface area (TPSA) is 58.5 Å². The number of nitrogens with zero attached hydrogens (tertiary/aromatic N) is 2. The second-order valence-electron chi connectivity index (χ2n) is 9.63. The van der Waals surface area contributed by atoms with Gasteiger partial charge in [0, 0.05) is 45.5 Å². The highest BCUT2D eigenvalue weighted by Crippen LogP contribution is 2.39. The predicted octanol–water partition coefficient (Wildman–Crippen LogP) is 9.46. The highest BCUT2D eigenvalue weighted by atomic mass is 15.1. The van der Waals surface area contributed by atoms with E-state index in [1.807, 2.05) is 36.4 Å². The first-order chi connectivity index (χ1) is 19.7. The minimum Gasteiger partial charge on any atom is -0.399 e. The molecule has 4 N–H and O–H groups in total. The van der Waals surface area contributed by atoms with Crippen LogP contribution < -0.4 is 21.3 Å². The molecule has 0 aliphatic heterocycles. The van der Waals surface area contributed by atoms with Crippen LogP contribution in [0, 0.1) is 0 Å². The van der Waals surface area contributed by atoms with Crippen LogP contribution in [0.15, 0.2) is 158 Å². The van der Waals surface area contributed by atoms with Gasteiger partial charge >= 0.3 is 0 Å². The normalized spacial score (nSPS) is 10.7. The minimum atomic E-state index is 0.742. The van der Waals surface area contributed by atoms with Crippen molar-refractivity contribution in [2.45, 2.75) is 0 Å². The Balaban J connectivity index is 1.43. The number of para-hydroxylation sites is 2. The number of hydrogen-bond acceptors (Lipinski definition) is 4. The second-order valence-corrected chi connectivity index (χ2v) is 9.63. The highest BCUT2D eigenvalue weighted by Gasteiger charge is 2.15. The van der Waals surface area contributed by atoms with Crippen molar-refractivity contribution in [3.63, 3.8) is 0 Å². The van der Waals surface area contributed by atoms with E-state index in [-0.39, 0.29) is 0 Å². The van der Waals surface area contributed by atoms with E-state index in [4.69, 9.17) is 11.5 Å². The summed E-state index contributed by atoms with van der Waals surface area (Å²) in [5, 5.41) is 0. The van der Waals surface area contributed by atoms with Gasteiger partial charge in [-0.05, 0) is 108 Å². The Bertz CT molecular complexity index is 1570. The molecular formula is C36H30N4. The minimum absolute atomic E-state index is 0.742. The van der Waals surface area contributed by atoms with Gasteiger partial charge in [0.05, 0.1) is 0 Å². The summed E-state index contributed by atoms with van der Waals surface area (Å²) < 4.78 is 0. The summed E-state index contributed by atoms with van der Waals surface area (Å²) in [5.41, 5.74) is 22.1. The van der Waals surface area contributed by atoms with Gasteiger partial charge in [-0.2, -0.15) is 0 Å². The third-order valence-corrected chi connectivity index (χ3v) is 6.87. The largest absolute Gasteiger partial charge is 0.399 e. The zero-order valence-electron chi connectivity index (χ0n) is 22.1. The van der Waals surface area contributed by atoms with Gasteiger partial charge in [-0.15, -0.1) is 0 Å². The zero-order valence-corrected chi connectivity index (χ0v) is 22.1. The summed E-state index contributed by atoms with van der Waals surface area (Å²) >= 11 is 0. The first-order valence-corrected chi connectivity index (χ1v) is 13.3. The number of benzene rings is 6. The first-order valence-electron chi connectivity index (χ1n) is 13.3. The molecule has 40 heavy (non-hydrogen) atoms. The van der Waals surface area contributed by atoms with E-state index < -0.39 is 0 Å². The fourth-order valence-electron chi connectivity index (χ4n) is 4.94. The molecule has 0 fully saturated rings. The molecule has 0 amide bonds. The summed E-state index contributed by atoms with van der Waals surface area (Å²) in [7, 11) is 0. The monoisotopic (exact) mass is 518 g/mol. The van der Waals surface area contributed by atoms with Crippen LogP contribution in [0.4, 0.5) is 45.5 Å². The Hall–Kier alpha value is -5.48. The molecule has 0 saturated heterocycles. The molecule has 0 aliphatic rings. The predicted molar refractivity (Wildman–Crippen MR) is 170 cm³/mol. The van der Waals surface area contributed by atoms with E-state index >= 15 is 0 Å². The van der Waals surface area contributed by atoms with Crippen LogP contribution in [0.2, 0.25) is 0 Å². The van der Waals surface area contributed by atoms with E-state index in [1.165, 1.54) is 0 Å². The molecule has 0 radical (unpaired) electrons. The first kappa shape index (κ1) is 24.8. The van der Waals surface area contributed by atoms with Crippen molar-refractivity contribution in [2.24, 2.45) is 0 Å². The third kappa shape index (κ3) is 5.24. The number of rotatable bonds is 7. The van der Waals surface area contributed by atoms with Crippen molar-refractivity contribution < 1.29 is 0 Å². The van der Waals surface area contributed by atoms with E-state index in [1.54, 1.807) is 0 Å². The Morgan fingerprint density at radius 3 is 1.00 bits per heavy atom. The van der Waals surface area contributed by atoms with E-state index in [0.29, 0.717) is 0 Å². The Morgan fingerprint density at radius 1 is 0.300 bits per heavy atom. The second kappa shape index (κ2) is 11.1. The van der Waals surface area contributed by atoms with Gasteiger partial charge in [0.1, 0.15) is 0 Å². The molecule has 0 aromatic heterocycles. The van der Waals surface area contributed by atoms with Crippen LogP contribution in [0.3, 0.4) is 0 Å². The standard InChI is InChI=1S/C36H30N4/c37-29-17-21-33(22-18-29)39(31-11-3-1-4-12-31)35-15-7-9-27(25-35)28-10-8-16-36(26-28)40(32-13-5-2-6-14-32)34-23-19-30(38)20-24-34/h1-26H,37-38H2. The lowest BCUT2D eigenvalue weighted by Gasteiger charge is -2.27. The molecule has 0 aliphatic carbocycles. The van der Waals surface area contributed by atoms with Gasteiger partial charge in [-0.25, -0.2) is 0 Å². The summed E-state index contributed by atoms with van der Waals surface area (Å²) in [6, 6.07) is 54.0. The van der Waals surface area contributed by atoms with Crippen molar-refractivity contribution in [3.05, 3.63) is 158 Å². The summed E-state index contributed by atoms with van der Waals surface area (Å²) in [6.07, 6.45) is 0. The zero-order chi connectivity index (χ0) is 27.3. The highest BCUT2D eigenvalue weighted by molar-refractivity contribution is 5.83. The van der Waals surface area contributed by atoms with Crippen molar-refractivity contribution in [2.75, 3.05) is 21.3 Å². The lowest BCUT2D eigenvalue weighted by Crippen LogP contribution is -2.10. The third-order valence-electron chi connectivity index (χ3n) is 6.87. The van der Waals surface area contributed by atoms with Crippen molar-refractivity contribution in [1.82, 2.24) is 0 Å².